The van der Waals surface area contributed by atoms with Crippen LogP contribution in [0.1, 0.15) is 56.1 Å². The van der Waals surface area contributed by atoms with Crippen LogP contribution in [-0.4, -0.2) is 59.4 Å². The number of piperidine rings is 1. The predicted molar refractivity (Wildman–Crippen MR) is 149 cm³/mol. The van der Waals surface area contributed by atoms with E-state index in [1.165, 1.54) is 25.7 Å². The average Bonchev–Trinajstić information content (AvgIpc) is 2.95. The van der Waals surface area contributed by atoms with Crippen molar-refractivity contribution in [1.29, 1.82) is 0 Å². The van der Waals surface area contributed by atoms with Crippen LogP contribution in [0.2, 0.25) is 0 Å². The summed E-state index contributed by atoms with van der Waals surface area (Å²) >= 11 is 0. The number of esters is 1. The molecule has 4 N–H and O–H groups in total. The molecule has 2 aromatic carbocycles. The molecule has 2 fully saturated rings. The standard InChI is InChI=1S/C30H39N5O4/c31-29(37)26(35-16-7-11-22-10-4-5-13-25(22)35)15-17-38-27-14-6-12-24-23(27)18-34(30(32)33-24)19-28(36)39-20-21-8-2-1-3-9-21/h1-3,6,8-9,12,14,22,25-26H,4-5,7,10-11,13,15-20H2,(H2,31,37)(H2,32,33). The monoisotopic (exact) mass is 533 g/mol. The van der Waals surface area contributed by atoms with E-state index in [2.05, 4.69) is 9.89 Å². The molecule has 3 atom stereocenters. The number of hydrogen-bond acceptors (Lipinski definition) is 8. The Hall–Kier alpha value is -3.59. The lowest BCUT2D eigenvalue weighted by Gasteiger charge is -2.46. The van der Waals surface area contributed by atoms with Crippen LogP contribution >= 0.6 is 0 Å². The third-order valence-corrected chi connectivity index (χ3v) is 8.24. The van der Waals surface area contributed by atoms with Crippen LogP contribution in [0.5, 0.6) is 5.75 Å². The minimum atomic E-state index is -0.384. The fourth-order valence-electron chi connectivity index (χ4n) is 6.30. The fraction of sp³-hybridized carbons (Fsp3) is 0.500. The van der Waals surface area contributed by atoms with Gasteiger partial charge in [0.1, 0.15) is 18.9 Å². The lowest BCUT2D eigenvalue weighted by atomic mass is 9.77. The lowest BCUT2D eigenvalue weighted by Crippen LogP contribution is -2.56. The van der Waals surface area contributed by atoms with Crippen molar-refractivity contribution in [1.82, 2.24) is 9.80 Å². The van der Waals surface area contributed by atoms with E-state index in [9.17, 15) is 9.59 Å². The van der Waals surface area contributed by atoms with Gasteiger partial charge in [-0.15, -0.1) is 0 Å². The first-order valence-electron chi connectivity index (χ1n) is 14.1. The Bertz CT molecular complexity index is 1190. The molecule has 39 heavy (non-hydrogen) atoms. The number of ether oxygens (including phenoxy) is 2. The maximum Gasteiger partial charge on any atom is 0.325 e. The van der Waals surface area contributed by atoms with Crippen LogP contribution in [0.25, 0.3) is 0 Å². The van der Waals surface area contributed by atoms with Crippen molar-refractivity contribution in [2.45, 2.75) is 70.2 Å². The third-order valence-electron chi connectivity index (χ3n) is 8.24. The smallest absolute Gasteiger partial charge is 0.325 e. The van der Waals surface area contributed by atoms with E-state index >= 15 is 0 Å². The number of primary amides is 1. The van der Waals surface area contributed by atoms with Crippen molar-refractivity contribution < 1.29 is 19.1 Å². The van der Waals surface area contributed by atoms with Gasteiger partial charge in [-0.25, -0.2) is 4.99 Å². The number of hydrogen-bond donors (Lipinski definition) is 2. The number of rotatable bonds is 10. The van der Waals surface area contributed by atoms with E-state index in [0.717, 1.165) is 30.5 Å². The number of amides is 1. The van der Waals surface area contributed by atoms with Gasteiger partial charge in [-0.3, -0.25) is 14.5 Å². The molecule has 0 spiro atoms. The van der Waals surface area contributed by atoms with E-state index in [4.69, 9.17) is 20.9 Å². The van der Waals surface area contributed by atoms with Crippen molar-refractivity contribution in [3.63, 3.8) is 0 Å². The molecule has 9 heteroatoms. The Morgan fingerprint density at radius 3 is 2.64 bits per heavy atom. The number of likely N-dealkylation sites (tertiary alicyclic amines) is 1. The first kappa shape index (κ1) is 27.0. The third kappa shape index (κ3) is 6.53. The van der Waals surface area contributed by atoms with Crippen LogP contribution in [0.15, 0.2) is 53.5 Å². The molecule has 2 aliphatic heterocycles. The molecule has 0 radical (unpaired) electrons. The second-order valence-corrected chi connectivity index (χ2v) is 10.8. The van der Waals surface area contributed by atoms with Gasteiger partial charge in [0, 0.05) is 18.0 Å². The van der Waals surface area contributed by atoms with Crippen molar-refractivity contribution >= 4 is 23.5 Å². The number of carbonyl (C=O) groups excluding carboxylic acids is 2. The van der Waals surface area contributed by atoms with Crippen molar-refractivity contribution in [3.8, 4) is 5.75 Å². The van der Waals surface area contributed by atoms with Crippen LogP contribution in [0.3, 0.4) is 0 Å². The average molecular weight is 534 g/mol. The van der Waals surface area contributed by atoms with Gasteiger partial charge in [0.25, 0.3) is 0 Å². The number of aliphatic imine (C=N–C) groups is 1. The normalized spacial score (nSPS) is 21.7. The number of carbonyl (C=O) groups is 2. The van der Waals surface area contributed by atoms with Gasteiger partial charge in [0.15, 0.2) is 5.96 Å². The summed E-state index contributed by atoms with van der Waals surface area (Å²) in [4.78, 5) is 33.6. The number of benzene rings is 2. The molecule has 1 amide bonds. The summed E-state index contributed by atoms with van der Waals surface area (Å²) in [6, 6.07) is 15.3. The van der Waals surface area contributed by atoms with Gasteiger partial charge in [-0.2, -0.15) is 0 Å². The first-order chi connectivity index (χ1) is 19.0. The molecule has 0 bridgehead atoms. The van der Waals surface area contributed by atoms with E-state index in [1.54, 1.807) is 4.90 Å². The summed E-state index contributed by atoms with van der Waals surface area (Å²) < 4.78 is 11.7. The second kappa shape index (κ2) is 12.5. The zero-order valence-corrected chi connectivity index (χ0v) is 22.5. The molecule has 1 saturated carbocycles. The van der Waals surface area contributed by atoms with Crippen LogP contribution in [-0.2, 0) is 27.5 Å². The molecule has 3 unspecified atom stereocenters. The molecule has 1 aliphatic carbocycles. The minimum absolute atomic E-state index is 0.0167. The molecule has 2 heterocycles. The summed E-state index contributed by atoms with van der Waals surface area (Å²) in [5, 5.41) is 0. The summed E-state index contributed by atoms with van der Waals surface area (Å²) in [6.07, 6.45) is 7.79. The highest BCUT2D eigenvalue weighted by atomic mass is 16.5. The molecule has 5 rings (SSSR count). The Balaban J connectivity index is 1.20. The number of nitrogens with two attached hydrogens (primary N) is 2. The highest BCUT2D eigenvalue weighted by Crippen LogP contribution is 2.37. The first-order valence-corrected chi connectivity index (χ1v) is 14.1. The Morgan fingerprint density at radius 1 is 1.03 bits per heavy atom. The number of fused-ring (bicyclic) bond motifs is 2. The minimum Gasteiger partial charge on any atom is -0.493 e. The maximum absolute atomic E-state index is 12.5. The molecule has 208 valence electrons. The summed E-state index contributed by atoms with van der Waals surface area (Å²) in [7, 11) is 0. The molecule has 9 nitrogen and oxygen atoms in total. The molecule has 0 aromatic heterocycles. The lowest BCUT2D eigenvalue weighted by molar-refractivity contribution is -0.145. The molecule has 1 saturated heterocycles. The molecule has 3 aliphatic rings. The van der Waals surface area contributed by atoms with Gasteiger partial charge in [-0.1, -0.05) is 49.2 Å². The van der Waals surface area contributed by atoms with E-state index in [0.29, 0.717) is 43.0 Å². The Kier molecular flexibility index (Phi) is 8.66. The zero-order chi connectivity index (χ0) is 27.2. The Labute approximate surface area is 230 Å². The quantitative estimate of drug-likeness (QED) is 0.448. The highest BCUT2D eigenvalue weighted by molar-refractivity contribution is 5.87. The molecular formula is C30H39N5O4. The van der Waals surface area contributed by atoms with Crippen LogP contribution in [0.4, 0.5) is 5.69 Å². The number of nitrogens with zero attached hydrogens (tertiary/aromatic N) is 3. The summed E-state index contributed by atoms with van der Waals surface area (Å²) in [6.45, 7) is 1.83. The fourth-order valence-corrected chi connectivity index (χ4v) is 6.30. The van der Waals surface area contributed by atoms with Gasteiger partial charge in [0.2, 0.25) is 5.91 Å². The van der Waals surface area contributed by atoms with Crippen molar-refractivity contribution in [2.24, 2.45) is 22.4 Å². The van der Waals surface area contributed by atoms with E-state index in [-0.39, 0.29) is 37.0 Å². The summed E-state index contributed by atoms with van der Waals surface area (Å²) in [5.74, 6) is 0.939. The van der Waals surface area contributed by atoms with Gasteiger partial charge >= 0.3 is 5.97 Å². The predicted octanol–water partition coefficient (Wildman–Crippen LogP) is 3.47. The van der Waals surface area contributed by atoms with Gasteiger partial charge in [-0.05, 0) is 55.8 Å². The SMILES string of the molecule is NC(=O)C(CCOc1cccc2c1CN(CC(=O)OCc1ccccc1)C(N)=N2)N1CCCC2CCCCC21. The molecule has 2 aromatic rings. The molecular weight excluding hydrogens is 494 g/mol. The largest absolute Gasteiger partial charge is 0.493 e. The Morgan fingerprint density at radius 2 is 1.82 bits per heavy atom. The highest BCUT2D eigenvalue weighted by Gasteiger charge is 2.38. The van der Waals surface area contributed by atoms with Crippen molar-refractivity contribution in [3.05, 3.63) is 59.7 Å². The van der Waals surface area contributed by atoms with Gasteiger partial charge in [0.05, 0.1) is 24.9 Å². The second-order valence-electron chi connectivity index (χ2n) is 10.8. The topological polar surface area (TPSA) is 123 Å². The number of guanidine groups is 1. The van der Waals surface area contributed by atoms with E-state index in [1.807, 2.05) is 48.5 Å². The van der Waals surface area contributed by atoms with Crippen LogP contribution in [0, 0.1) is 5.92 Å². The maximum atomic E-state index is 12.5. The zero-order valence-electron chi connectivity index (χ0n) is 22.5. The van der Waals surface area contributed by atoms with E-state index < -0.39 is 0 Å². The van der Waals surface area contributed by atoms with Crippen molar-refractivity contribution in [2.75, 3.05) is 19.7 Å². The summed E-state index contributed by atoms with van der Waals surface area (Å²) in [5.41, 5.74) is 14.6. The van der Waals surface area contributed by atoms with Gasteiger partial charge < -0.3 is 25.8 Å². The van der Waals surface area contributed by atoms with Crippen LogP contribution < -0.4 is 16.2 Å².